The quantitative estimate of drug-likeness (QED) is 0.643. The fraction of sp³-hybridized carbons (Fsp3) is 0. The van der Waals surface area contributed by atoms with Crippen LogP contribution in [0, 0.1) is 20.2 Å². The van der Waals surface area contributed by atoms with Crippen molar-refractivity contribution in [2.24, 2.45) is 0 Å². The first kappa shape index (κ1) is 16.5. The molecule has 2 N–H and O–H groups in total. The summed E-state index contributed by atoms with van der Waals surface area (Å²) in [5, 5.41) is 21.5. The number of hydrazine groups is 1. The van der Waals surface area contributed by atoms with E-state index in [2.05, 4.69) is 0 Å². The maximum Gasteiger partial charge on any atom is 0.282 e. The van der Waals surface area contributed by atoms with Crippen LogP contribution >= 0.6 is 0 Å². The van der Waals surface area contributed by atoms with Crippen LogP contribution in [-0.4, -0.2) is 21.7 Å². The molecule has 0 aliphatic carbocycles. The molecule has 0 heterocycles. The van der Waals surface area contributed by atoms with Crippen molar-refractivity contribution in [3.8, 4) is 0 Å². The van der Waals surface area contributed by atoms with E-state index in [9.17, 15) is 29.8 Å². The highest BCUT2D eigenvalue weighted by molar-refractivity contribution is 6.01. The molecule has 122 valence electrons. The molecule has 0 bridgehead atoms. The average molecular weight is 330 g/mol. The highest BCUT2D eigenvalue weighted by Gasteiger charge is 2.20. The third kappa shape index (κ3) is 3.68. The van der Waals surface area contributed by atoms with Gasteiger partial charge < -0.3 is 0 Å². The summed E-state index contributed by atoms with van der Waals surface area (Å²) >= 11 is 0. The van der Waals surface area contributed by atoms with Gasteiger partial charge in [0.2, 0.25) is 0 Å². The third-order valence-electron chi connectivity index (χ3n) is 2.95. The number of para-hydroxylation sites is 1. The van der Waals surface area contributed by atoms with Gasteiger partial charge in [0, 0.05) is 23.8 Å². The van der Waals surface area contributed by atoms with Gasteiger partial charge in [0.15, 0.2) is 0 Å². The number of carbonyl (C=O) groups excluding carboxylic acids is 2. The molecule has 0 aliphatic rings. The monoisotopic (exact) mass is 330 g/mol. The van der Waals surface area contributed by atoms with Gasteiger partial charge in [0.05, 0.1) is 9.85 Å². The Bertz CT molecular complexity index is 836. The number of carbonyl (C=O) groups is 2. The van der Waals surface area contributed by atoms with Gasteiger partial charge in [0.1, 0.15) is 5.56 Å². The average Bonchev–Trinajstić information content (AvgIpc) is 2.59. The Balaban J connectivity index is 2.09. The minimum Gasteiger partial charge on any atom is -0.267 e. The lowest BCUT2D eigenvalue weighted by atomic mass is 10.1. The Morgan fingerprint density at radius 1 is 0.833 bits per heavy atom. The number of nitrogens with one attached hydrogen (secondary N) is 2. The summed E-state index contributed by atoms with van der Waals surface area (Å²) in [6.07, 6.45) is 0. The van der Waals surface area contributed by atoms with Gasteiger partial charge in [-0.05, 0) is 12.1 Å². The Morgan fingerprint density at radius 3 is 2.17 bits per heavy atom. The van der Waals surface area contributed by atoms with Gasteiger partial charge >= 0.3 is 0 Å². The van der Waals surface area contributed by atoms with Gasteiger partial charge in [-0.1, -0.05) is 18.2 Å². The maximum atomic E-state index is 11.9. The second-order valence-corrected chi connectivity index (χ2v) is 4.49. The molecule has 0 spiro atoms. The Hall–Kier alpha value is -3.82. The predicted octanol–water partition coefficient (Wildman–Crippen LogP) is 1.58. The van der Waals surface area contributed by atoms with Crippen molar-refractivity contribution in [3.63, 3.8) is 0 Å². The summed E-state index contributed by atoms with van der Waals surface area (Å²) in [4.78, 5) is 44.0. The van der Waals surface area contributed by atoms with E-state index in [0.717, 1.165) is 12.1 Å². The van der Waals surface area contributed by atoms with E-state index < -0.39 is 27.3 Å². The lowest BCUT2D eigenvalue weighted by Gasteiger charge is -2.07. The SMILES string of the molecule is O=C(NNC(=O)c1ccccc1[N+](=O)[O-])c1cccc([N+](=O)[O-])c1. The molecule has 0 aliphatic heterocycles. The number of benzene rings is 2. The molecule has 2 aromatic carbocycles. The summed E-state index contributed by atoms with van der Waals surface area (Å²) in [5.41, 5.74) is 3.09. The summed E-state index contributed by atoms with van der Waals surface area (Å²) in [6, 6.07) is 10.1. The smallest absolute Gasteiger partial charge is 0.267 e. The van der Waals surface area contributed by atoms with Gasteiger partial charge in [-0.25, -0.2) is 0 Å². The zero-order chi connectivity index (χ0) is 17.7. The van der Waals surface area contributed by atoms with E-state index in [0.29, 0.717) is 0 Å². The number of hydrogen-bond acceptors (Lipinski definition) is 6. The lowest BCUT2D eigenvalue weighted by molar-refractivity contribution is -0.385. The van der Waals surface area contributed by atoms with Crippen molar-refractivity contribution in [1.82, 2.24) is 10.9 Å². The number of hydrogen-bond donors (Lipinski definition) is 2. The minimum atomic E-state index is -0.888. The zero-order valence-corrected chi connectivity index (χ0v) is 12.0. The highest BCUT2D eigenvalue weighted by Crippen LogP contribution is 2.17. The van der Waals surface area contributed by atoms with Crippen LogP contribution < -0.4 is 10.9 Å². The standard InChI is InChI=1S/C14H10N4O6/c19-13(9-4-3-5-10(8-9)17(21)22)15-16-14(20)11-6-1-2-7-12(11)18(23)24/h1-8H,(H,15,19)(H,16,20). The van der Waals surface area contributed by atoms with Crippen LogP contribution in [0.1, 0.15) is 20.7 Å². The van der Waals surface area contributed by atoms with Crippen LogP contribution in [-0.2, 0) is 0 Å². The molecular formula is C14H10N4O6. The molecule has 0 aromatic heterocycles. The fourth-order valence-electron chi connectivity index (χ4n) is 1.84. The van der Waals surface area contributed by atoms with Crippen LogP contribution in [0.4, 0.5) is 11.4 Å². The number of amides is 2. The molecule has 10 nitrogen and oxygen atoms in total. The van der Waals surface area contributed by atoms with Crippen molar-refractivity contribution < 1.29 is 19.4 Å². The van der Waals surface area contributed by atoms with Crippen LogP contribution in [0.2, 0.25) is 0 Å². The van der Waals surface area contributed by atoms with E-state index in [1.807, 2.05) is 10.9 Å². The molecule has 2 amide bonds. The molecule has 2 rings (SSSR count). The van der Waals surface area contributed by atoms with Crippen LogP contribution in [0.25, 0.3) is 0 Å². The molecule has 2 aromatic rings. The molecule has 10 heteroatoms. The lowest BCUT2D eigenvalue weighted by Crippen LogP contribution is -2.41. The zero-order valence-electron chi connectivity index (χ0n) is 12.0. The van der Waals surface area contributed by atoms with Gasteiger partial charge in [-0.3, -0.25) is 40.7 Å². The second kappa shape index (κ2) is 6.96. The number of rotatable bonds is 4. The third-order valence-corrected chi connectivity index (χ3v) is 2.95. The Morgan fingerprint density at radius 2 is 1.50 bits per heavy atom. The molecular weight excluding hydrogens is 320 g/mol. The highest BCUT2D eigenvalue weighted by atomic mass is 16.6. The first-order valence-electron chi connectivity index (χ1n) is 6.48. The maximum absolute atomic E-state index is 11.9. The second-order valence-electron chi connectivity index (χ2n) is 4.49. The number of nitro groups is 2. The molecule has 24 heavy (non-hydrogen) atoms. The molecule has 0 unspecified atom stereocenters. The Kier molecular flexibility index (Phi) is 4.80. The van der Waals surface area contributed by atoms with E-state index in [4.69, 9.17) is 0 Å². The van der Waals surface area contributed by atoms with Crippen molar-refractivity contribution in [1.29, 1.82) is 0 Å². The summed E-state index contributed by atoms with van der Waals surface area (Å²) in [6.45, 7) is 0. The summed E-state index contributed by atoms with van der Waals surface area (Å²) in [5.74, 6) is -1.69. The van der Waals surface area contributed by atoms with Crippen molar-refractivity contribution in [2.45, 2.75) is 0 Å². The summed E-state index contributed by atoms with van der Waals surface area (Å²) in [7, 11) is 0. The fourth-order valence-corrected chi connectivity index (χ4v) is 1.84. The normalized spacial score (nSPS) is 9.83. The number of nitro benzene ring substituents is 2. The number of nitrogens with zero attached hydrogens (tertiary/aromatic N) is 2. The summed E-state index contributed by atoms with van der Waals surface area (Å²) < 4.78 is 0. The molecule has 0 atom stereocenters. The van der Waals surface area contributed by atoms with Crippen LogP contribution in [0.15, 0.2) is 48.5 Å². The topological polar surface area (TPSA) is 144 Å². The largest absolute Gasteiger partial charge is 0.282 e. The van der Waals surface area contributed by atoms with Crippen LogP contribution in [0.3, 0.4) is 0 Å². The van der Waals surface area contributed by atoms with Crippen molar-refractivity contribution in [2.75, 3.05) is 0 Å². The first-order valence-corrected chi connectivity index (χ1v) is 6.48. The Labute approximate surface area is 134 Å². The van der Waals surface area contributed by atoms with Gasteiger partial charge in [0.25, 0.3) is 23.2 Å². The minimum absolute atomic E-state index is 0.0490. The predicted molar refractivity (Wildman–Crippen MR) is 81.1 cm³/mol. The van der Waals surface area contributed by atoms with Crippen molar-refractivity contribution >= 4 is 23.2 Å². The molecule has 0 saturated heterocycles. The number of non-ortho nitro benzene ring substituents is 1. The van der Waals surface area contributed by atoms with Crippen LogP contribution in [0.5, 0.6) is 0 Å². The van der Waals surface area contributed by atoms with Gasteiger partial charge in [-0.15, -0.1) is 0 Å². The molecule has 0 radical (unpaired) electrons. The molecule has 0 fully saturated rings. The molecule has 0 saturated carbocycles. The van der Waals surface area contributed by atoms with E-state index >= 15 is 0 Å². The van der Waals surface area contributed by atoms with E-state index in [-0.39, 0.29) is 16.8 Å². The first-order chi connectivity index (χ1) is 11.4. The van der Waals surface area contributed by atoms with Gasteiger partial charge in [-0.2, -0.15) is 0 Å². The van der Waals surface area contributed by atoms with E-state index in [1.54, 1.807) is 0 Å². The van der Waals surface area contributed by atoms with E-state index in [1.165, 1.54) is 36.4 Å². The van der Waals surface area contributed by atoms with Crippen molar-refractivity contribution in [3.05, 3.63) is 79.9 Å².